The number of carboxylic acid groups (broad SMARTS) is 1. The number of benzene rings is 1. The Balaban J connectivity index is 2.17. The van der Waals surface area contributed by atoms with Crippen molar-refractivity contribution in [3.63, 3.8) is 0 Å². The minimum Gasteiger partial charge on any atom is -0.481 e. The van der Waals surface area contributed by atoms with Crippen LogP contribution in [0.1, 0.15) is 17.3 Å². The molecule has 0 saturated carbocycles. The minimum atomic E-state index is -1.14. The Morgan fingerprint density at radius 2 is 2.15 bits per heavy atom. The lowest BCUT2D eigenvalue weighted by Gasteiger charge is -2.25. The molecule has 2 N–H and O–H groups in total. The normalized spacial score (nSPS) is 25.4. The topological polar surface area (TPSA) is 75.6 Å². The molecular weight excluding hydrogens is 305 g/mol. The summed E-state index contributed by atoms with van der Waals surface area (Å²) in [5.41, 5.74) is -0.898. The van der Waals surface area contributed by atoms with Crippen LogP contribution in [0.4, 0.5) is 0 Å². The number of amides is 1. The summed E-state index contributed by atoms with van der Waals surface area (Å²) in [6.45, 7) is 1.75. The lowest BCUT2D eigenvalue weighted by atomic mass is 9.85. The number of hydrogen-bond acceptors (Lipinski definition) is 3. The van der Waals surface area contributed by atoms with Crippen molar-refractivity contribution >= 4 is 35.1 Å². The summed E-state index contributed by atoms with van der Waals surface area (Å²) < 4.78 is 5.17. The number of carbonyl (C=O) groups excluding carboxylic acids is 1. The van der Waals surface area contributed by atoms with E-state index in [1.54, 1.807) is 6.07 Å². The second kappa shape index (κ2) is 5.60. The summed E-state index contributed by atoms with van der Waals surface area (Å²) in [7, 11) is 0. The highest BCUT2D eigenvalue weighted by molar-refractivity contribution is 6.36. The molecule has 1 saturated heterocycles. The molecule has 2 unspecified atom stereocenters. The SMILES string of the molecule is CC1(C(=O)O)COCC1NC(=O)c1ccc(Cl)cc1Cl. The van der Waals surface area contributed by atoms with E-state index in [1.807, 2.05) is 0 Å². The van der Waals surface area contributed by atoms with Gasteiger partial charge in [-0.2, -0.15) is 0 Å². The fraction of sp³-hybridized carbons (Fsp3) is 0.385. The van der Waals surface area contributed by atoms with Gasteiger partial charge in [-0.1, -0.05) is 23.2 Å². The first kappa shape index (κ1) is 15.1. The van der Waals surface area contributed by atoms with Gasteiger partial charge in [-0.3, -0.25) is 9.59 Å². The molecule has 0 spiro atoms. The Morgan fingerprint density at radius 3 is 2.75 bits per heavy atom. The van der Waals surface area contributed by atoms with Crippen LogP contribution in [0.5, 0.6) is 0 Å². The fourth-order valence-electron chi connectivity index (χ4n) is 1.99. The molecule has 2 rings (SSSR count). The summed E-state index contributed by atoms with van der Waals surface area (Å²) >= 11 is 11.7. The highest BCUT2D eigenvalue weighted by atomic mass is 35.5. The number of nitrogens with one attached hydrogen (secondary N) is 1. The molecule has 1 heterocycles. The van der Waals surface area contributed by atoms with Crippen LogP contribution < -0.4 is 5.32 Å². The Kier molecular flexibility index (Phi) is 4.22. The molecule has 1 amide bonds. The van der Waals surface area contributed by atoms with Crippen LogP contribution in [0.25, 0.3) is 0 Å². The van der Waals surface area contributed by atoms with Crippen molar-refractivity contribution in [3.8, 4) is 0 Å². The summed E-state index contributed by atoms with van der Waals surface area (Å²) in [6, 6.07) is 3.89. The van der Waals surface area contributed by atoms with Gasteiger partial charge in [0.05, 0.1) is 29.8 Å². The predicted octanol–water partition coefficient (Wildman–Crippen LogP) is 2.21. The average Bonchev–Trinajstić information content (AvgIpc) is 2.72. The summed E-state index contributed by atoms with van der Waals surface area (Å²) in [4.78, 5) is 23.4. The zero-order valence-electron chi connectivity index (χ0n) is 10.7. The number of carbonyl (C=O) groups is 2. The van der Waals surface area contributed by atoms with E-state index in [9.17, 15) is 14.7 Å². The quantitative estimate of drug-likeness (QED) is 0.896. The van der Waals surface area contributed by atoms with Gasteiger partial charge in [-0.15, -0.1) is 0 Å². The molecule has 20 heavy (non-hydrogen) atoms. The van der Waals surface area contributed by atoms with E-state index in [2.05, 4.69) is 5.32 Å². The summed E-state index contributed by atoms with van der Waals surface area (Å²) in [6.07, 6.45) is 0. The molecule has 1 aliphatic heterocycles. The van der Waals surface area contributed by atoms with E-state index >= 15 is 0 Å². The molecule has 7 heteroatoms. The Morgan fingerprint density at radius 1 is 1.45 bits per heavy atom. The van der Waals surface area contributed by atoms with Crippen molar-refractivity contribution in [2.24, 2.45) is 5.41 Å². The molecule has 0 aliphatic carbocycles. The molecule has 5 nitrogen and oxygen atoms in total. The van der Waals surface area contributed by atoms with E-state index < -0.39 is 23.3 Å². The molecule has 2 atom stereocenters. The van der Waals surface area contributed by atoms with Crippen LogP contribution in [0.2, 0.25) is 10.0 Å². The van der Waals surface area contributed by atoms with Crippen molar-refractivity contribution in [1.29, 1.82) is 0 Å². The second-order valence-corrected chi connectivity index (χ2v) is 5.73. The maximum absolute atomic E-state index is 12.2. The zero-order valence-corrected chi connectivity index (χ0v) is 12.2. The first-order valence-corrected chi connectivity index (χ1v) is 6.67. The maximum atomic E-state index is 12.2. The van der Waals surface area contributed by atoms with E-state index in [0.29, 0.717) is 5.02 Å². The Labute approximate surface area is 125 Å². The number of rotatable bonds is 3. The summed E-state index contributed by atoms with van der Waals surface area (Å²) in [5.74, 6) is -1.46. The van der Waals surface area contributed by atoms with Gasteiger partial charge in [-0.05, 0) is 25.1 Å². The van der Waals surface area contributed by atoms with Gasteiger partial charge >= 0.3 is 5.97 Å². The van der Waals surface area contributed by atoms with Gasteiger partial charge < -0.3 is 15.2 Å². The van der Waals surface area contributed by atoms with Crippen LogP contribution in [0.3, 0.4) is 0 Å². The van der Waals surface area contributed by atoms with Gasteiger partial charge in [0.15, 0.2) is 0 Å². The maximum Gasteiger partial charge on any atom is 0.313 e. The third-order valence-electron chi connectivity index (χ3n) is 3.43. The molecular formula is C13H13Cl2NO4. The third-order valence-corrected chi connectivity index (χ3v) is 3.97. The van der Waals surface area contributed by atoms with Gasteiger partial charge in [0.2, 0.25) is 0 Å². The highest BCUT2D eigenvalue weighted by Gasteiger charge is 2.47. The molecule has 1 aliphatic rings. The van der Waals surface area contributed by atoms with Crippen LogP contribution in [-0.2, 0) is 9.53 Å². The number of halogens is 2. The van der Waals surface area contributed by atoms with Gasteiger partial charge in [0, 0.05) is 5.02 Å². The van der Waals surface area contributed by atoms with E-state index in [1.165, 1.54) is 19.1 Å². The number of ether oxygens (including phenoxy) is 1. The van der Waals surface area contributed by atoms with Crippen molar-refractivity contribution in [1.82, 2.24) is 5.32 Å². The third kappa shape index (κ3) is 2.75. The van der Waals surface area contributed by atoms with Gasteiger partial charge in [-0.25, -0.2) is 0 Å². The monoisotopic (exact) mass is 317 g/mol. The standard InChI is InChI=1S/C13H13Cl2NO4/c1-13(12(18)19)6-20-5-10(13)16-11(17)8-3-2-7(14)4-9(8)15/h2-4,10H,5-6H2,1H3,(H,16,17)(H,18,19). The lowest BCUT2D eigenvalue weighted by Crippen LogP contribution is -2.49. The van der Waals surface area contributed by atoms with Crippen molar-refractivity contribution in [3.05, 3.63) is 33.8 Å². The minimum absolute atomic E-state index is 0.0572. The van der Waals surface area contributed by atoms with E-state index in [4.69, 9.17) is 27.9 Å². The van der Waals surface area contributed by atoms with Gasteiger partial charge in [0.1, 0.15) is 5.41 Å². The Hall–Kier alpha value is -1.30. The largest absolute Gasteiger partial charge is 0.481 e. The second-order valence-electron chi connectivity index (χ2n) is 4.89. The van der Waals surface area contributed by atoms with Crippen LogP contribution >= 0.6 is 23.2 Å². The van der Waals surface area contributed by atoms with Gasteiger partial charge in [0.25, 0.3) is 5.91 Å². The average molecular weight is 318 g/mol. The van der Waals surface area contributed by atoms with E-state index in [-0.39, 0.29) is 23.8 Å². The lowest BCUT2D eigenvalue weighted by molar-refractivity contribution is -0.148. The fourth-order valence-corrected chi connectivity index (χ4v) is 2.49. The molecule has 0 bridgehead atoms. The Bertz CT molecular complexity index is 563. The number of aliphatic carboxylic acids is 1. The zero-order chi connectivity index (χ0) is 14.9. The molecule has 1 aromatic rings. The first-order chi connectivity index (χ1) is 9.34. The van der Waals surface area contributed by atoms with Crippen molar-refractivity contribution in [2.45, 2.75) is 13.0 Å². The van der Waals surface area contributed by atoms with Crippen molar-refractivity contribution < 1.29 is 19.4 Å². The smallest absolute Gasteiger partial charge is 0.313 e. The predicted molar refractivity (Wildman–Crippen MR) is 74.3 cm³/mol. The molecule has 0 radical (unpaired) electrons. The van der Waals surface area contributed by atoms with Crippen LogP contribution in [0, 0.1) is 5.41 Å². The molecule has 108 valence electrons. The summed E-state index contributed by atoms with van der Waals surface area (Å²) in [5, 5.41) is 12.5. The molecule has 0 aromatic heterocycles. The van der Waals surface area contributed by atoms with Crippen LogP contribution in [-0.4, -0.2) is 36.2 Å². The number of hydrogen-bond donors (Lipinski definition) is 2. The molecule has 1 aromatic carbocycles. The molecule has 1 fully saturated rings. The highest BCUT2D eigenvalue weighted by Crippen LogP contribution is 2.29. The first-order valence-electron chi connectivity index (χ1n) is 5.91. The van der Waals surface area contributed by atoms with Crippen LogP contribution in [0.15, 0.2) is 18.2 Å². The van der Waals surface area contributed by atoms with E-state index in [0.717, 1.165) is 0 Å². The van der Waals surface area contributed by atoms with Crippen molar-refractivity contribution in [2.75, 3.05) is 13.2 Å². The number of carboxylic acids is 1.